The van der Waals surface area contributed by atoms with Gasteiger partial charge in [0.25, 0.3) is 0 Å². The van der Waals surface area contributed by atoms with Gasteiger partial charge in [0, 0.05) is 5.92 Å². The third-order valence-electron chi connectivity index (χ3n) is 3.45. The lowest BCUT2D eigenvalue weighted by Gasteiger charge is -2.26. The molecule has 3 N–H and O–H groups in total. The molecule has 4 nitrogen and oxygen atoms in total. The number of hydrogen-bond donors (Lipinski definition) is 3. The Morgan fingerprint density at radius 3 is 2.42 bits per heavy atom. The molecule has 0 saturated carbocycles. The number of ether oxygens (including phenoxy) is 1. The van der Waals surface area contributed by atoms with E-state index in [2.05, 4.69) is 0 Å². The predicted octanol–water partition coefficient (Wildman–Crippen LogP) is 2.52. The third-order valence-corrected chi connectivity index (χ3v) is 3.45. The summed E-state index contributed by atoms with van der Waals surface area (Å²) >= 11 is 0. The molecule has 0 radical (unpaired) electrons. The van der Waals surface area contributed by atoms with Crippen molar-refractivity contribution in [3.63, 3.8) is 0 Å². The van der Waals surface area contributed by atoms with Crippen molar-refractivity contribution in [3.8, 4) is 23.0 Å². The van der Waals surface area contributed by atoms with E-state index < -0.39 is 0 Å². The summed E-state index contributed by atoms with van der Waals surface area (Å²) in [5.41, 5.74) is 1.95. The molecule has 1 aliphatic rings. The van der Waals surface area contributed by atoms with Crippen molar-refractivity contribution < 1.29 is 20.1 Å². The Kier molecular flexibility index (Phi) is 2.71. The smallest absolute Gasteiger partial charge is 0.200 e. The number of rotatable bonds is 1. The Bertz CT molecular complexity index is 604. The first-order valence-electron chi connectivity index (χ1n) is 6.10. The third kappa shape index (κ3) is 2.05. The highest BCUT2D eigenvalue weighted by Crippen LogP contribution is 2.43. The SMILES string of the molecule is Oc1ccc([C@@H]2COc3c(ccc(O)c3O)C2)cc1. The number of benzene rings is 2. The van der Waals surface area contributed by atoms with E-state index in [0.29, 0.717) is 12.4 Å². The average Bonchev–Trinajstić information content (AvgIpc) is 2.43. The Hall–Kier alpha value is -2.36. The highest BCUT2D eigenvalue weighted by molar-refractivity contribution is 5.55. The molecular formula is C15H14O4. The Morgan fingerprint density at radius 1 is 0.947 bits per heavy atom. The fourth-order valence-electron chi connectivity index (χ4n) is 2.39. The summed E-state index contributed by atoms with van der Waals surface area (Å²) in [6, 6.07) is 10.3. The summed E-state index contributed by atoms with van der Waals surface area (Å²) in [6.07, 6.45) is 0.730. The molecule has 0 saturated heterocycles. The van der Waals surface area contributed by atoms with Gasteiger partial charge in [-0.15, -0.1) is 0 Å². The predicted molar refractivity (Wildman–Crippen MR) is 69.8 cm³/mol. The second-order valence-electron chi connectivity index (χ2n) is 4.73. The van der Waals surface area contributed by atoms with Crippen molar-refractivity contribution in [2.24, 2.45) is 0 Å². The first-order valence-corrected chi connectivity index (χ1v) is 6.10. The zero-order valence-corrected chi connectivity index (χ0v) is 10.2. The first kappa shape index (κ1) is 11.7. The maximum absolute atomic E-state index is 9.73. The van der Waals surface area contributed by atoms with Gasteiger partial charge in [0.2, 0.25) is 5.75 Å². The second kappa shape index (κ2) is 4.39. The molecule has 0 aliphatic carbocycles. The molecule has 0 spiro atoms. The second-order valence-corrected chi connectivity index (χ2v) is 4.73. The molecule has 0 unspecified atom stereocenters. The molecule has 1 aliphatic heterocycles. The van der Waals surface area contributed by atoms with Crippen LogP contribution in [-0.2, 0) is 6.42 Å². The number of hydrogen-bond acceptors (Lipinski definition) is 4. The van der Waals surface area contributed by atoms with Crippen LogP contribution in [0.4, 0.5) is 0 Å². The van der Waals surface area contributed by atoms with E-state index in [-0.39, 0.29) is 23.2 Å². The number of fused-ring (bicyclic) bond motifs is 1. The van der Waals surface area contributed by atoms with Gasteiger partial charge in [-0.2, -0.15) is 0 Å². The van der Waals surface area contributed by atoms with E-state index >= 15 is 0 Å². The number of aromatic hydroxyl groups is 3. The minimum atomic E-state index is -0.193. The van der Waals surface area contributed by atoms with Crippen molar-refractivity contribution in [2.75, 3.05) is 6.61 Å². The van der Waals surface area contributed by atoms with Gasteiger partial charge in [-0.05, 0) is 35.7 Å². The highest BCUT2D eigenvalue weighted by atomic mass is 16.5. The molecule has 0 fully saturated rings. The lowest BCUT2D eigenvalue weighted by Crippen LogP contribution is -2.19. The zero-order chi connectivity index (χ0) is 13.4. The van der Waals surface area contributed by atoms with Gasteiger partial charge in [0.15, 0.2) is 11.5 Å². The van der Waals surface area contributed by atoms with E-state index in [1.54, 1.807) is 18.2 Å². The molecule has 1 heterocycles. The van der Waals surface area contributed by atoms with Crippen LogP contribution < -0.4 is 4.74 Å². The lowest BCUT2D eigenvalue weighted by molar-refractivity contribution is 0.246. The molecule has 19 heavy (non-hydrogen) atoms. The maximum Gasteiger partial charge on any atom is 0.200 e. The van der Waals surface area contributed by atoms with Gasteiger partial charge < -0.3 is 20.1 Å². The van der Waals surface area contributed by atoms with Crippen molar-refractivity contribution >= 4 is 0 Å². The van der Waals surface area contributed by atoms with Crippen molar-refractivity contribution in [3.05, 3.63) is 47.5 Å². The van der Waals surface area contributed by atoms with Crippen LogP contribution in [0.15, 0.2) is 36.4 Å². The van der Waals surface area contributed by atoms with Crippen LogP contribution in [-0.4, -0.2) is 21.9 Å². The van der Waals surface area contributed by atoms with E-state index in [1.165, 1.54) is 6.07 Å². The van der Waals surface area contributed by atoms with Gasteiger partial charge in [-0.25, -0.2) is 0 Å². The molecule has 2 aromatic carbocycles. The summed E-state index contributed by atoms with van der Waals surface area (Å²) in [5.74, 6) is 0.430. The summed E-state index contributed by atoms with van der Waals surface area (Å²) < 4.78 is 5.56. The number of phenolic OH excluding ortho intramolecular Hbond substituents is 3. The summed E-state index contributed by atoms with van der Waals surface area (Å²) in [4.78, 5) is 0. The molecule has 3 rings (SSSR count). The van der Waals surface area contributed by atoms with Crippen LogP contribution in [0.5, 0.6) is 23.0 Å². The minimum absolute atomic E-state index is 0.165. The lowest BCUT2D eigenvalue weighted by atomic mass is 9.90. The van der Waals surface area contributed by atoms with Crippen LogP contribution >= 0.6 is 0 Å². The van der Waals surface area contributed by atoms with Gasteiger partial charge in [-0.3, -0.25) is 0 Å². The standard InChI is InChI=1S/C15H14O4/c16-12-4-1-9(2-5-12)11-7-10-3-6-13(17)14(18)15(10)19-8-11/h1-6,11,16-18H,7-8H2/t11-/m0/s1. The monoisotopic (exact) mass is 258 g/mol. The van der Waals surface area contributed by atoms with E-state index in [1.807, 2.05) is 12.1 Å². The van der Waals surface area contributed by atoms with Gasteiger partial charge >= 0.3 is 0 Å². The molecule has 0 amide bonds. The molecule has 1 atom stereocenters. The van der Waals surface area contributed by atoms with Crippen LogP contribution in [0, 0.1) is 0 Å². The van der Waals surface area contributed by atoms with E-state index in [0.717, 1.165) is 17.5 Å². The van der Waals surface area contributed by atoms with Crippen molar-refractivity contribution in [1.29, 1.82) is 0 Å². The quantitative estimate of drug-likeness (QED) is 0.687. The Labute approximate surface area is 110 Å². The van der Waals surface area contributed by atoms with E-state index in [9.17, 15) is 15.3 Å². The normalized spacial score (nSPS) is 17.6. The van der Waals surface area contributed by atoms with Gasteiger partial charge in [-0.1, -0.05) is 18.2 Å². The molecule has 2 aromatic rings. The Balaban J connectivity index is 1.90. The molecular weight excluding hydrogens is 244 g/mol. The van der Waals surface area contributed by atoms with E-state index in [4.69, 9.17) is 4.74 Å². The molecule has 4 heteroatoms. The van der Waals surface area contributed by atoms with Crippen LogP contribution in [0.2, 0.25) is 0 Å². The van der Waals surface area contributed by atoms with Gasteiger partial charge in [0.05, 0.1) is 6.61 Å². The Morgan fingerprint density at radius 2 is 1.68 bits per heavy atom. The zero-order valence-electron chi connectivity index (χ0n) is 10.2. The average molecular weight is 258 g/mol. The number of phenols is 3. The first-order chi connectivity index (χ1) is 9.15. The minimum Gasteiger partial charge on any atom is -0.508 e. The fourth-order valence-corrected chi connectivity index (χ4v) is 2.39. The van der Waals surface area contributed by atoms with Crippen LogP contribution in [0.3, 0.4) is 0 Å². The van der Waals surface area contributed by atoms with Crippen molar-refractivity contribution in [2.45, 2.75) is 12.3 Å². The summed E-state index contributed by atoms with van der Waals surface area (Å²) in [5, 5.41) is 28.4. The summed E-state index contributed by atoms with van der Waals surface area (Å²) in [7, 11) is 0. The maximum atomic E-state index is 9.73. The molecule has 98 valence electrons. The van der Waals surface area contributed by atoms with Crippen LogP contribution in [0.25, 0.3) is 0 Å². The molecule has 0 aromatic heterocycles. The van der Waals surface area contributed by atoms with Gasteiger partial charge in [0.1, 0.15) is 5.75 Å². The van der Waals surface area contributed by atoms with Crippen molar-refractivity contribution in [1.82, 2.24) is 0 Å². The fraction of sp³-hybridized carbons (Fsp3) is 0.200. The summed E-state index contributed by atoms with van der Waals surface area (Å²) in [6.45, 7) is 0.439. The van der Waals surface area contributed by atoms with Crippen LogP contribution in [0.1, 0.15) is 17.0 Å². The highest BCUT2D eigenvalue weighted by Gasteiger charge is 2.24. The molecule has 0 bridgehead atoms. The topological polar surface area (TPSA) is 69.9 Å². The largest absolute Gasteiger partial charge is 0.508 e.